The second-order valence-corrected chi connectivity index (χ2v) is 11.3. The first-order valence-corrected chi connectivity index (χ1v) is 15.2. The van der Waals surface area contributed by atoms with E-state index in [2.05, 4.69) is 0 Å². The summed E-state index contributed by atoms with van der Waals surface area (Å²) < 4.78 is 25.3. The molecule has 0 radical (unpaired) electrons. The lowest BCUT2D eigenvalue weighted by atomic mass is 9.80. The van der Waals surface area contributed by atoms with Gasteiger partial charge in [0.15, 0.2) is 0 Å². The second kappa shape index (κ2) is 14.3. The Labute approximate surface area is 264 Å². The van der Waals surface area contributed by atoms with Crippen LogP contribution >= 0.6 is 0 Å². The van der Waals surface area contributed by atoms with Gasteiger partial charge in [0.2, 0.25) is 5.79 Å². The second-order valence-electron chi connectivity index (χ2n) is 11.3. The Hall–Kier alpha value is -4.14. The van der Waals surface area contributed by atoms with Gasteiger partial charge in [-0.3, -0.25) is 0 Å². The highest BCUT2D eigenvalue weighted by Gasteiger charge is 2.56. The molecular weight excluding hydrogens is 564 g/mol. The van der Waals surface area contributed by atoms with Gasteiger partial charge in [-0.25, -0.2) is 0 Å². The molecule has 0 aliphatic carbocycles. The van der Waals surface area contributed by atoms with Gasteiger partial charge in [-0.1, -0.05) is 152 Å². The van der Waals surface area contributed by atoms with Crippen LogP contribution in [-0.2, 0) is 37.8 Å². The molecule has 0 unspecified atom stereocenters. The third-order valence-electron chi connectivity index (χ3n) is 8.19. The Morgan fingerprint density at radius 3 is 1.49 bits per heavy atom. The van der Waals surface area contributed by atoms with Crippen LogP contribution < -0.4 is 0 Å². The topological polar surface area (TPSA) is 77.4 Å². The van der Waals surface area contributed by atoms with Crippen LogP contribution in [0.4, 0.5) is 0 Å². The van der Waals surface area contributed by atoms with Crippen molar-refractivity contribution in [1.29, 1.82) is 0 Å². The van der Waals surface area contributed by atoms with Gasteiger partial charge >= 0.3 is 0 Å². The minimum atomic E-state index is -1.99. The molecule has 4 atom stereocenters. The van der Waals surface area contributed by atoms with Crippen LogP contribution in [0, 0.1) is 0 Å². The lowest BCUT2D eigenvalue weighted by Crippen LogP contribution is -2.50. The lowest BCUT2D eigenvalue weighted by Gasteiger charge is -2.39. The third kappa shape index (κ3) is 6.92. The smallest absolute Gasteiger partial charge is 0.219 e. The summed E-state index contributed by atoms with van der Waals surface area (Å²) in [6, 6.07) is 49.2. The molecule has 6 heteroatoms. The molecule has 1 heterocycles. The van der Waals surface area contributed by atoms with Crippen molar-refractivity contribution in [2.75, 3.05) is 13.2 Å². The number of ether oxygens (including phenoxy) is 4. The number of aliphatic hydroxyl groups excluding tert-OH is 1. The number of hydrogen-bond donors (Lipinski definition) is 2. The zero-order valence-corrected chi connectivity index (χ0v) is 25.0. The highest BCUT2D eigenvalue weighted by atomic mass is 16.7. The van der Waals surface area contributed by atoms with Crippen LogP contribution in [0.5, 0.6) is 0 Å². The Kier molecular flexibility index (Phi) is 9.81. The molecule has 1 aliphatic heterocycles. The fourth-order valence-corrected chi connectivity index (χ4v) is 5.95. The Morgan fingerprint density at radius 1 is 0.600 bits per heavy atom. The normalized spacial score (nSPS) is 21.5. The molecule has 0 saturated carbocycles. The van der Waals surface area contributed by atoms with Crippen LogP contribution in [0.25, 0.3) is 0 Å². The first-order valence-electron chi connectivity index (χ1n) is 15.2. The zero-order valence-electron chi connectivity index (χ0n) is 25.0. The van der Waals surface area contributed by atoms with Crippen molar-refractivity contribution in [2.45, 2.75) is 42.9 Å². The summed E-state index contributed by atoms with van der Waals surface area (Å²) in [6.45, 7) is 0.284. The molecule has 1 aliphatic rings. The van der Waals surface area contributed by atoms with E-state index in [1.807, 2.05) is 152 Å². The maximum absolute atomic E-state index is 12.2. The van der Waals surface area contributed by atoms with E-state index >= 15 is 0 Å². The maximum atomic E-state index is 12.2. The minimum absolute atomic E-state index is 0.0603. The van der Waals surface area contributed by atoms with Crippen molar-refractivity contribution in [3.05, 3.63) is 179 Å². The fraction of sp³-hybridized carbons (Fsp3) is 0.231. The molecule has 6 nitrogen and oxygen atoms in total. The number of benzene rings is 5. The van der Waals surface area contributed by atoms with Crippen molar-refractivity contribution in [2.24, 2.45) is 0 Å². The summed E-state index contributed by atoms with van der Waals surface area (Å²) in [7, 11) is 0. The van der Waals surface area contributed by atoms with Gasteiger partial charge in [-0.05, 0) is 27.8 Å². The summed E-state index contributed by atoms with van der Waals surface area (Å²) in [5.41, 5.74) is 3.46. The molecule has 0 spiro atoms. The molecule has 0 amide bonds. The molecule has 45 heavy (non-hydrogen) atoms. The van der Waals surface area contributed by atoms with E-state index in [0.717, 1.165) is 27.8 Å². The lowest BCUT2D eigenvalue weighted by molar-refractivity contribution is -0.275. The number of hydrogen-bond acceptors (Lipinski definition) is 6. The van der Waals surface area contributed by atoms with Gasteiger partial charge in [0.1, 0.15) is 30.5 Å². The van der Waals surface area contributed by atoms with Crippen molar-refractivity contribution in [1.82, 2.24) is 0 Å². The number of rotatable bonds is 13. The summed E-state index contributed by atoms with van der Waals surface area (Å²) >= 11 is 0. The van der Waals surface area contributed by atoms with Gasteiger partial charge in [0.25, 0.3) is 0 Å². The predicted molar refractivity (Wildman–Crippen MR) is 172 cm³/mol. The molecular formula is C39H38O6. The first kappa shape index (κ1) is 30.9. The fourth-order valence-electron chi connectivity index (χ4n) is 5.95. The third-order valence-corrected chi connectivity index (χ3v) is 8.19. The highest BCUT2D eigenvalue weighted by Crippen LogP contribution is 2.43. The molecule has 1 fully saturated rings. The van der Waals surface area contributed by atoms with E-state index in [1.165, 1.54) is 0 Å². The van der Waals surface area contributed by atoms with E-state index in [9.17, 15) is 10.2 Å². The van der Waals surface area contributed by atoms with E-state index < -0.39 is 29.7 Å². The van der Waals surface area contributed by atoms with Gasteiger partial charge in [0.05, 0.1) is 19.8 Å². The van der Waals surface area contributed by atoms with Crippen molar-refractivity contribution >= 4 is 0 Å². The summed E-state index contributed by atoms with van der Waals surface area (Å²) in [5.74, 6) is -1.99. The summed E-state index contributed by atoms with van der Waals surface area (Å²) in [6.07, 6.45) is -3.12. The molecule has 5 aromatic rings. The van der Waals surface area contributed by atoms with Crippen molar-refractivity contribution in [3.8, 4) is 0 Å². The van der Waals surface area contributed by atoms with Crippen molar-refractivity contribution < 1.29 is 29.2 Å². The molecule has 2 N–H and O–H groups in total. The molecule has 230 valence electrons. The average molecular weight is 603 g/mol. The monoisotopic (exact) mass is 602 g/mol. The molecule has 1 saturated heterocycles. The largest absolute Gasteiger partial charge is 0.387 e. The van der Waals surface area contributed by atoms with Gasteiger partial charge in [-0.2, -0.15) is 0 Å². The van der Waals surface area contributed by atoms with E-state index in [4.69, 9.17) is 18.9 Å². The van der Waals surface area contributed by atoms with Gasteiger partial charge in [0, 0.05) is 0 Å². The van der Waals surface area contributed by atoms with Gasteiger partial charge < -0.3 is 29.2 Å². The summed E-state index contributed by atoms with van der Waals surface area (Å²) in [4.78, 5) is 0. The molecule has 0 aromatic heterocycles. The Balaban J connectivity index is 1.31. The van der Waals surface area contributed by atoms with Crippen molar-refractivity contribution in [3.63, 3.8) is 0 Å². The van der Waals surface area contributed by atoms with E-state index in [1.54, 1.807) is 0 Å². The van der Waals surface area contributed by atoms with Crippen LogP contribution in [0.2, 0.25) is 0 Å². The van der Waals surface area contributed by atoms with Crippen LogP contribution in [-0.4, -0.2) is 47.5 Å². The SMILES string of the molecule is O[C@@H]1[C@@H](COCc2ccccc2)O[C@](O)(COC(c2ccccc2)(c2ccccc2)c2ccccc2)[C@H]1OCc1ccccc1. The number of aliphatic hydroxyl groups is 2. The maximum Gasteiger partial charge on any atom is 0.219 e. The first-order chi connectivity index (χ1) is 22.1. The average Bonchev–Trinajstić information content (AvgIpc) is 3.34. The van der Waals surface area contributed by atoms with Gasteiger partial charge in [-0.15, -0.1) is 0 Å². The Morgan fingerprint density at radius 2 is 1.02 bits per heavy atom. The Bertz CT molecular complexity index is 1490. The molecule has 6 rings (SSSR count). The quantitative estimate of drug-likeness (QED) is 0.155. The predicted octanol–water partition coefficient (Wildman–Crippen LogP) is 6.25. The zero-order chi connectivity index (χ0) is 31.0. The van der Waals surface area contributed by atoms with Crippen LogP contribution in [0.1, 0.15) is 27.8 Å². The van der Waals surface area contributed by atoms with Crippen LogP contribution in [0.15, 0.2) is 152 Å². The summed E-state index contributed by atoms with van der Waals surface area (Å²) in [5, 5.41) is 23.7. The standard InChI is InChI=1S/C39H38O6/c40-36-35(28-42-26-30-16-6-1-7-17-30)45-38(41,37(36)43-27-31-18-8-2-9-19-31)29-44-39(32-20-10-3-11-21-32,33-22-12-4-13-23-33)34-24-14-5-15-25-34/h1-25,35-37,40-41H,26-29H2/t35-,36-,37+,38-/m1/s1. The van der Waals surface area contributed by atoms with Crippen LogP contribution in [0.3, 0.4) is 0 Å². The minimum Gasteiger partial charge on any atom is -0.387 e. The van der Waals surface area contributed by atoms with E-state index in [0.29, 0.717) is 6.61 Å². The molecule has 5 aromatic carbocycles. The molecule has 0 bridgehead atoms. The highest BCUT2D eigenvalue weighted by molar-refractivity contribution is 5.47. The van der Waals surface area contributed by atoms with E-state index in [-0.39, 0.29) is 19.8 Å².